The lowest BCUT2D eigenvalue weighted by Gasteiger charge is -2.30. The molecule has 3 rings (SSSR count). The molecule has 2 N–H and O–H groups in total. The third-order valence-corrected chi connectivity index (χ3v) is 4.13. The predicted octanol–water partition coefficient (Wildman–Crippen LogP) is 4.13. The molecule has 2 atom stereocenters. The molecule has 1 unspecified atom stereocenters. The van der Waals surface area contributed by atoms with Crippen LogP contribution in [0.25, 0.3) is 0 Å². The van der Waals surface area contributed by atoms with E-state index in [9.17, 15) is 0 Å². The molecule has 0 saturated heterocycles. The van der Waals surface area contributed by atoms with E-state index >= 15 is 0 Å². The summed E-state index contributed by atoms with van der Waals surface area (Å²) in [4.78, 5) is 4.18. The average molecular weight is 384 g/mol. The van der Waals surface area contributed by atoms with Gasteiger partial charge >= 0.3 is 0 Å². The van der Waals surface area contributed by atoms with Crippen LogP contribution in [-0.4, -0.2) is 4.98 Å². The van der Waals surface area contributed by atoms with Gasteiger partial charge in [-0.15, -0.1) is 0 Å². The van der Waals surface area contributed by atoms with E-state index < -0.39 is 0 Å². The van der Waals surface area contributed by atoms with E-state index in [1.807, 2.05) is 30.5 Å². The molecule has 1 aromatic carbocycles. The first-order valence-electron chi connectivity index (χ1n) is 5.95. The fourth-order valence-corrected chi connectivity index (χ4v) is 3.05. The van der Waals surface area contributed by atoms with Gasteiger partial charge in [-0.2, -0.15) is 0 Å². The van der Waals surface area contributed by atoms with Gasteiger partial charge in [-0.25, -0.2) is 0 Å². The molecule has 98 valence electrons. The Bertz CT molecular complexity index is 618. The van der Waals surface area contributed by atoms with Gasteiger partial charge in [0.1, 0.15) is 11.9 Å². The van der Waals surface area contributed by atoms with E-state index in [2.05, 4.69) is 36.8 Å². The first kappa shape index (κ1) is 13.1. The van der Waals surface area contributed by atoms with Gasteiger partial charge in [0, 0.05) is 44.9 Å². The Morgan fingerprint density at radius 1 is 1.16 bits per heavy atom. The first-order valence-corrected chi connectivity index (χ1v) is 7.54. The average Bonchev–Trinajstić information content (AvgIpc) is 2.39. The Kier molecular flexibility index (Phi) is 3.60. The van der Waals surface area contributed by atoms with Crippen LogP contribution in [0.5, 0.6) is 5.75 Å². The lowest BCUT2D eigenvalue weighted by molar-refractivity contribution is 0.161. The summed E-state index contributed by atoms with van der Waals surface area (Å²) in [6.07, 6.45) is 4.29. The molecular formula is C14H12Br2N2O. The van der Waals surface area contributed by atoms with Crippen molar-refractivity contribution in [3.05, 3.63) is 56.7 Å². The van der Waals surface area contributed by atoms with Gasteiger partial charge in [-0.05, 0) is 40.2 Å². The number of nitrogens with zero attached hydrogens (tertiary/aromatic N) is 1. The highest BCUT2D eigenvalue weighted by Crippen LogP contribution is 2.40. The fourth-order valence-electron chi connectivity index (χ4n) is 2.28. The number of hydrogen-bond donors (Lipinski definition) is 1. The van der Waals surface area contributed by atoms with E-state index in [4.69, 9.17) is 10.5 Å². The summed E-state index contributed by atoms with van der Waals surface area (Å²) >= 11 is 6.89. The molecule has 1 aromatic heterocycles. The SMILES string of the molecule is N[C@H]1CC(c2cncc(Br)c2)Oc2ccc(Br)cc21. The molecule has 5 heteroatoms. The number of ether oxygens (including phenoxy) is 1. The highest BCUT2D eigenvalue weighted by atomic mass is 79.9. The minimum absolute atomic E-state index is 0.0229. The second-order valence-electron chi connectivity index (χ2n) is 4.57. The van der Waals surface area contributed by atoms with Crippen molar-refractivity contribution in [1.29, 1.82) is 0 Å². The normalized spacial score (nSPS) is 21.6. The van der Waals surface area contributed by atoms with Crippen LogP contribution in [0.15, 0.2) is 45.6 Å². The molecule has 1 aliphatic heterocycles. The van der Waals surface area contributed by atoms with Crippen LogP contribution >= 0.6 is 31.9 Å². The van der Waals surface area contributed by atoms with Crippen molar-refractivity contribution in [2.24, 2.45) is 5.73 Å². The maximum atomic E-state index is 6.25. The summed E-state index contributed by atoms with van der Waals surface area (Å²) in [5, 5.41) is 0. The van der Waals surface area contributed by atoms with E-state index in [0.29, 0.717) is 0 Å². The number of nitrogens with two attached hydrogens (primary N) is 1. The zero-order valence-corrected chi connectivity index (χ0v) is 13.2. The van der Waals surface area contributed by atoms with E-state index in [1.165, 1.54) is 0 Å². The van der Waals surface area contributed by atoms with Crippen molar-refractivity contribution in [2.45, 2.75) is 18.6 Å². The third kappa shape index (κ3) is 2.68. The monoisotopic (exact) mass is 382 g/mol. The van der Waals surface area contributed by atoms with Crippen molar-refractivity contribution in [3.63, 3.8) is 0 Å². The Morgan fingerprint density at radius 3 is 2.79 bits per heavy atom. The van der Waals surface area contributed by atoms with Gasteiger partial charge in [0.15, 0.2) is 0 Å². The molecule has 0 amide bonds. The number of halogens is 2. The van der Waals surface area contributed by atoms with Crippen molar-refractivity contribution in [3.8, 4) is 5.75 Å². The molecule has 0 fully saturated rings. The van der Waals surface area contributed by atoms with Crippen LogP contribution in [0.2, 0.25) is 0 Å². The second kappa shape index (κ2) is 5.23. The summed E-state index contributed by atoms with van der Waals surface area (Å²) in [7, 11) is 0. The molecular weight excluding hydrogens is 372 g/mol. The Balaban J connectivity index is 1.95. The molecule has 0 bridgehead atoms. The van der Waals surface area contributed by atoms with Crippen molar-refractivity contribution in [2.75, 3.05) is 0 Å². The van der Waals surface area contributed by atoms with Crippen LogP contribution in [0, 0.1) is 0 Å². The highest BCUT2D eigenvalue weighted by molar-refractivity contribution is 9.10. The number of hydrogen-bond acceptors (Lipinski definition) is 3. The number of benzene rings is 1. The summed E-state index contributed by atoms with van der Waals surface area (Å²) in [6.45, 7) is 0. The Labute approximate surface area is 128 Å². The summed E-state index contributed by atoms with van der Waals surface area (Å²) in [6, 6.07) is 7.94. The standard InChI is InChI=1S/C14H12Br2N2O/c15-9-1-2-13-11(4-9)12(17)5-14(19-13)8-3-10(16)7-18-6-8/h1-4,6-7,12,14H,5,17H2/t12-,14?/m0/s1. The Morgan fingerprint density at radius 2 is 2.00 bits per heavy atom. The van der Waals surface area contributed by atoms with Gasteiger partial charge in [0.2, 0.25) is 0 Å². The smallest absolute Gasteiger partial charge is 0.127 e. The van der Waals surface area contributed by atoms with E-state index in [1.54, 1.807) is 6.20 Å². The first-order chi connectivity index (χ1) is 9.13. The molecule has 0 spiro atoms. The topological polar surface area (TPSA) is 48.1 Å². The molecule has 19 heavy (non-hydrogen) atoms. The molecule has 0 saturated carbocycles. The summed E-state index contributed by atoms with van der Waals surface area (Å²) in [5.41, 5.74) is 8.34. The zero-order valence-electron chi connectivity index (χ0n) is 10.0. The number of pyridine rings is 1. The van der Waals surface area contributed by atoms with Gasteiger partial charge in [-0.3, -0.25) is 4.98 Å². The van der Waals surface area contributed by atoms with Gasteiger partial charge in [0.05, 0.1) is 0 Å². The van der Waals surface area contributed by atoms with E-state index in [0.717, 1.165) is 32.2 Å². The van der Waals surface area contributed by atoms with Crippen molar-refractivity contribution < 1.29 is 4.74 Å². The minimum atomic E-state index is -0.0475. The summed E-state index contributed by atoms with van der Waals surface area (Å²) in [5.74, 6) is 0.854. The fraction of sp³-hybridized carbons (Fsp3) is 0.214. The minimum Gasteiger partial charge on any atom is -0.485 e. The molecule has 2 heterocycles. The van der Waals surface area contributed by atoms with Crippen LogP contribution in [0.1, 0.15) is 29.7 Å². The quantitative estimate of drug-likeness (QED) is 0.805. The highest BCUT2D eigenvalue weighted by Gasteiger charge is 2.27. The van der Waals surface area contributed by atoms with Crippen LogP contribution in [0.4, 0.5) is 0 Å². The molecule has 0 radical (unpaired) electrons. The number of rotatable bonds is 1. The lowest BCUT2D eigenvalue weighted by atomic mass is 9.94. The third-order valence-electron chi connectivity index (χ3n) is 3.21. The van der Waals surface area contributed by atoms with Crippen LogP contribution in [-0.2, 0) is 0 Å². The molecule has 0 aliphatic carbocycles. The van der Waals surface area contributed by atoms with Gasteiger partial charge in [0.25, 0.3) is 0 Å². The van der Waals surface area contributed by atoms with E-state index in [-0.39, 0.29) is 12.1 Å². The van der Waals surface area contributed by atoms with Gasteiger partial charge < -0.3 is 10.5 Å². The largest absolute Gasteiger partial charge is 0.485 e. The second-order valence-corrected chi connectivity index (χ2v) is 6.40. The van der Waals surface area contributed by atoms with Crippen LogP contribution < -0.4 is 10.5 Å². The lowest BCUT2D eigenvalue weighted by Crippen LogP contribution is -2.24. The molecule has 2 aromatic rings. The number of aromatic nitrogens is 1. The van der Waals surface area contributed by atoms with Crippen molar-refractivity contribution in [1.82, 2.24) is 4.98 Å². The maximum Gasteiger partial charge on any atom is 0.127 e. The zero-order chi connectivity index (χ0) is 13.4. The Hall–Kier alpha value is -0.910. The van der Waals surface area contributed by atoms with Gasteiger partial charge in [-0.1, -0.05) is 15.9 Å². The van der Waals surface area contributed by atoms with Crippen LogP contribution in [0.3, 0.4) is 0 Å². The van der Waals surface area contributed by atoms with Crippen molar-refractivity contribution >= 4 is 31.9 Å². The molecule has 1 aliphatic rings. The number of fused-ring (bicyclic) bond motifs is 1. The predicted molar refractivity (Wildman–Crippen MR) is 81.0 cm³/mol. The maximum absolute atomic E-state index is 6.25. The molecule has 3 nitrogen and oxygen atoms in total. The summed E-state index contributed by atoms with van der Waals surface area (Å²) < 4.78 is 8.01.